The van der Waals surface area contributed by atoms with Gasteiger partial charge >= 0.3 is 0 Å². The van der Waals surface area contributed by atoms with E-state index in [4.69, 9.17) is 12.2 Å². The van der Waals surface area contributed by atoms with Crippen molar-refractivity contribution in [3.05, 3.63) is 24.3 Å². The normalized spacial score (nSPS) is 28.4. The number of hydrogen-bond acceptors (Lipinski definition) is 1. The Hall–Kier alpha value is -1.00. The molecule has 58 valence electrons. The lowest BCUT2D eigenvalue weighted by molar-refractivity contribution is 0.480. The predicted octanol–water partition coefficient (Wildman–Crippen LogP) is 1.47. The van der Waals surface area contributed by atoms with Gasteiger partial charge in [-0.25, -0.2) is 0 Å². The van der Waals surface area contributed by atoms with Crippen LogP contribution in [0.5, 0.6) is 0 Å². The van der Waals surface area contributed by atoms with Crippen LogP contribution in [-0.2, 0) is 0 Å². The first-order valence-electron chi connectivity index (χ1n) is 3.85. The van der Waals surface area contributed by atoms with Crippen molar-refractivity contribution in [1.82, 2.24) is 0 Å². The predicted molar refractivity (Wildman–Crippen MR) is 47.8 cm³/mol. The van der Waals surface area contributed by atoms with Crippen LogP contribution in [-0.4, -0.2) is 6.54 Å². The summed E-state index contributed by atoms with van der Waals surface area (Å²) < 4.78 is 0. The van der Waals surface area contributed by atoms with Crippen LogP contribution in [0.1, 0.15) is 12.8 Å². The summed E-state index contributed by atoms with van der Waals surface area (Å²) in [5, 5.41) is 0. The second-order valence-corrected chi connectivity index (χ2v) is 2.83. The van der Waals surface area contributed by atoms with Crippen LogP contribution in [0, 0.1) is 17.8 Å². The van der Waals surface area contributed by atoms with E-state index in [2.05, 4.69) is 18.1 Å². The highest BCUT2D eigenvalue weighted by Gasteiger charge is 2.22. The summed E-state index contributed by atoms with van der Waals surface area (Å²) in [5.41, 5.74) is 5.37. The number of allylic oxidation sites excluding steroid dienone is 4. The molecule has 1 rings (SSSR count). The van der Waals surface area contributed by atoms with Gasteiger partial charge in [-0.3, -0.25) is 0 Å². The van der Waals surface area contributed by atoms with E-state index >= 15 is 0 Å². The molecule has 0 fully saturated rings. The Kier molecular flexibility index (Phi) is 2.51. The fourth-order valence-corrected chi connectivity index (χ4v) is 1.29. The summed E-state index contributed by atoms with van der Waals surface area (Å²) in [6, 6.07) is 0. The Morgan fingerprint density at radius 1 is 1.55 bits per heavy atom. The third-order valence-electron chi connectivity index (χ3n) is 2.02. The highest BCUT2D eigenvalue weighted by atomic mass is 14.5. The fraction of sp³-hybridized carbons (Fsp3) is 0.400. The molecule has 0 saturated carbocycles. The summed E-state index contributed by atoms with van der Waals surface area (Å²) >= 11 is 0. The Bertz CT molecular complexity index is 220. The van der Waals surface area contributed by atoms with Gasteiger partial charge in [0, 0.05) is 0 Å². The molecular weight excluding hydrogens is 134 g/mol. The lowest BCUT2D eigenvalue weighted by Gasteiger charge is -2.24. The van der Waals surface area contributed by atoms with Gasteiger partial charge in [0.2, 0.25) is 0 Å². The molecule has 0 aromatic heterocycles. The minimum Gasteiger partial charge on any atom is -0.330 e. The van der Waals surface area contributed by atoms with Crippen molar-refractivity contribution in [1.29, 1.82) is 0 Å². The zero-order valence-electron chi connectivity index (χ0n) is 6.59. The van der Waals surface area contributed by atoms with Crippen molar-refractivity contribution in [2.24, 2.45) is 11.1 Å². The Morgan fingerprint density at radius 3 is 2.82 bits per heavy atom. The maximum Gasteiger partial charge on any atom is 0.0540 e. The van der Waals surface area contributed by atoms with E-state index in [9.17, 15) is 0 Å². The number of nitrogens with two attached hydrogens (primary N) is 1. The number of hydrogen-bond donors (Lipinski definition) is 1. The van der Waals surface area contributed by atoms with E-state index in [0.29, 0.717) is 6.54 Å². The maximum atomic E-state index is 5.47. The standard InChI is InChI=1S/C10H13N/c1-2-10(8-9-11)6-4-3-5-7-10/h1,3-6H,7-9,11H2. The van der Waals surface area contributed by atoms with E-state index < -0.39 is 0 Å². The Balaban J connectivity index is 2.70. The van der Waals surface area contributed by atoms with Gasteiger partial charge < -0.3 is 5.73 Å². The molecule has 1 atom stereocenters. The van der Waals surface area contributed by atoms with Crippen LogP contribution in [0.25, 0.3) is 0 Å². The molecule has 0 amide bonds. The molecule has 1 heteroatoms. The average Bonchev–Trinajstić information content (AvgIpc) is 2.07. The SMILES string of the molecule is C#CC1(CCN)C=CC=CC1. The monoisotopic (exact) mass is 147 g/mol. The van der Waals surface area contributed by atoms with Crippen molar-refractivity contribution in [2.75, 3.05) is 6.54 Å². The molecule has 0 heterocycles. The lowest BCUT2D eigenvalue weighted by atomic mass is 9.80. The van der Waals surface area contributed by atoms with Gasteiger partial charge in [-0.2, -0.15) is 0 Å². The molecule has 1 nitrogen and oxygen atoms in total. The van der Waals surface area contributed by atoms with Crippen molar-refractivity contribution in [3.8, 4) is 12.3 Å². The van der Waals surface area contributed by atoms with Crippen molar-refractivity contribution < 1.29 is 0 Å². The summed E-state index contributed by atoms with van der Waals surface area (Å²) in [5.74, 6) is 2.80. The maximum absolute atomic E-state index is 5.47. The molecule has 0 aromatic rings. The van der Waals surface area contributed by atoms with E-state index in [1.165, 1.54) is 0 Å². The quantitative estimate of drug-likeness (QED) is 0.588. The summed E-state index contributed by atoms with van der Waals surface area (Å²) in [6.45, 7) is 0.655. The second kappa shape index (κ2) is 3.41. The zero-order valence-corrected chi connectivity index (χ0v) is 6.59. The fourth-order valence-electron chi connectivity index (χ4n) is 1.29. The van der Waals surface area contributed by atoms with Gasteiger partial charge in [-0.05, 0) is 19.4 Å². The number of rotatable bonds is 2. The van der Waals surface area contributed by atoms with Crippen molar-refractivity contribution in [3.63, 3.8) is 0 Å². The molecule has 1 aliphatic rings. The van der Waals surface area contributed by atoms with Gasteiger partial charge in [-0.1, -0.05) is 30.2 Å². The third-order valence-corrected chi connectivity index (χ3v) is 2.02. The molecule has 0 aliphatic heterocycles. The number of terminal acetylenes is 1. The van der Waals surface area contributed by atoms with Gasteiger partial charge in [-0.15, -0.1) is 6.42 Å². The van der Waals surface area contributed by atoms with Crippen LogP contribution in [0.15, 0.2) is 24.3 Å². The molecule has 1 aliphatic carbocycles. The van der Waals surface area contributed by atoms with E-state index in [1.54, 1.807) is 0 Å². The van der Waals surface area contributed by atoms with Crippen molar-refractivity contribution >= 4 is 0 Å². The molecule has 0 radical (unpaired) electrons. The summed E-state index contributed by atoms with van der Waals surface area (Å²) in [4.78, 5) is 0. The van der Waals surface area contributed by atoms with E-state index in [1.807, 2.05) is 12.2 Å². The van der Waals surface area contributed by atoms with Gasteiger partial charge in [0.15, 0.2) is 0 Å². The minimum atomic E-state index is -0.0938. The highest BCUT2D eigenvalue weighted by Crippen LogP contribution is 2.29. The average molecular weight is 147 g/mol. The molecule has 11 heavy (non-hydrogen) atoms. The van der Waals surface area contributed by atoms with E-state index in [-0.39, 0.29) is 5.41 Å². The second-order valence-electron chi connectivity index (χ2n) is 2.83. The van der Waals surface area contributed by atoms with Crippen LogP contribution < -0.4 is 5.73 Å². The first-order chi connectivity index (χ1) is 5.33. The smallest absolute Gasteiger partial charge is 0.0540 e. The molecule has 0 saturated heterocycles. The first-order valence-corrected chi connectivity index (χ1v) is 3.85. The Labute approximate surface area is 68.0 Å². The molecule has 0 bridgehead atoms. The first kappa shape index (κ1) is 8.10. The highest BCUT2D eigenvalue weighted by molar-refractivity contribution is 5.25. The molecular formula is C10H13N. The van der Waals surface area contributed by atoms with Gasteiger partial charge in [0.1, 0.15) is 0 Å². The van der Waals surface area contributed by atoms with Crippen LogP contribution in [0.2, 0.25) is 0 Å². The van der Waals surface area contributed by atoms with Gasteiger partial charge in [0.25, 0.3) is 0 Å². The minimum absolute atomic E-state index is 0.0938. The summed E-state index contributed by atoms with van der Waals surface area (Å²) in [6.07, 6.45) is 15.4. The zero-order chi connectivity index (χ0) is 8.16. The van der Waals surface area contributed by atoms with E-state index in [0.717, 1.165) is 12.8 Å². The lowest BCUT2D eigenvalue weighted by Crippen LogP contribution is -2.20. The molecule has 0 spiro atoms. The van der Waals surface area contributed by atoms with Crippen LogP contribution in [0.4, 0.5) is 0 Å². The topological polar surface area (TPSA) is 26.0 Å². The van der Waals surface area contributed by atoms with Gasteiger partial charge in [0.05, 0.1) is 5.41 Å². The summed E-state index contributed by atoms with van der Waals surface area (Å²) in [7, 11) is 0. The molecule has 0 aromatic carbocycles. The Morgan fingerprint density at radius 2 is 2.36 bits per heavy atom. The third kappa shape index (κ3) is 1.72. The van der Waals surface area contributed by atoms with Crippen molar-refractivity contribution in [2.45, 2.75) is 12.8 Å². The largest absolute Gasteiger partial charge is 0.330 e. The molecule has 2 N–H and O–H groups in total. The molecule has 1 unspecified atom stereocenters. The van der Waals surface area contributed by atoms with Crippen LogP contribution in [0.3, 0.4) is 0 Å². The van der Waals surface area contributed by atoms with Crippen LogP contribution >= 0.6 is 0 Å².